The second-order valence-corrected chi connectivity index (χ2v) is 7.07. The highest BCUT2D eigenvalue weighted by molar-refractivity contribution is 6.10. The van der Waals surface area contributed by atoms with Gasteiger partial charge >= 0.3 is 6.03 Å². The van der Waals surface area contributed by atoms with E-state index >= 15 is 0 Å². The van der Waals surface area contributed by atoms with E-state index in [2.05, 4.69) is 10.6 Å². The number of carbonyl (C=O) groups is 3. The number of imide groups is 1. The molecule has 29 heavy (non-hydrogen) atoms. The quantitative estimate of drug-likeness (QED) is 0.758. The maximum absolute atomic E-state index is 13.0. The van der Waals surface area contributed by atoms with Crippen molar-refractivity contribution in [2.24, 2.45) is 0 Å². The zero-order valence-electron chi connectivity index (χ0n) is 16.2. The van der Waals surface area contributed by atoms with E-state index in [1.807, 2.05) is 25.1 Å². The number of fused-ring (bicyclic) bond motifs is 1. The number of urea groups is 1. The Kier molecular flexibility index (Phi) is 4.62. The topological polar surface area (TPSA) is 97.0 Å². The van der Waals surface area contributed by atoms with E-state index in [9.17, 15) is 14.4 Å². The number of anilines is 1. The van der Waals surface area contributed by atoms with E-state index in [0.29, 0.717) is 22.7 Å². The van der Waals surface area contributed by atoms with Gasteiger partial charge in [0.05, 0.1) is 0 Å². The van der Waals surface area contributed by atoms with Crippen LogP contribution in [0.15, 0.2) is 42.5 Å². The molecule has 150 valence electrons. The molecule has 2 aromatic carbocycles. The molecule has 2 aromatic rings. The highest BCUT2D eigenvalue weighted by Gasteiger charge is 2.49. The van der Waals surface area contributed by atoms with Crippen molar-refractivity contribution in [2.45, 2.75) is 25.8 Å². The molecule has 2 N–H and O–H groups in total. The van der Waals surface area contributed by atoms with Gasteiger partial charge in [0.1, 0.15) is 12.1 Å². The molecule has 1 fully saturated rings. The van der Waals surface area contributed by atoms with E-state index in [4.69, 9.17) is 9.47 Å². The third kappa shape index (κ3) is 3.26. The first-order valence-electron chi connectivity index (χ1n) is 9.34. The molecular weight excluding hydrogens is 374 g/mol. The Morgan fingerprint density at radius 3 is 2.72 bits per heavy atom. The minimum atomic E-state index is -1.29. The Morgan fingerprint density at radius 2 is 1.93 bits per heavy atom. The van der Waals surface area contributed by atoms with Crippen molar-refractivity contribution in [2.75, 3.05) is 18.7 Å². The molecular formula is C21H21N3O5. The summed E-state index contributed by atoms with van der Waals surface area (Å²) in [5.41, 5.74) is 0.910. The molecule has 2 heterocycles. The summed E-state index contributed by atoms with van der Waals surface area (Å²) in [5, 5.41) is 5.47. The number of aryl methyl sites for hydroxylation is 1. The molecule has 1 saturated heterocycles. The fraction of sp³-hybridized carbons (Fsp3) is 0.286. The number of hydrogen-bond donors (Lipinski definition) is 2. The van der Waals surface area contributed by atoms with E-state index in [1.165, 1.54) is 0 Å². The summed E-state index contributed by atoms with van der Waals surface area (Å²) in [6.45, 7) is 3.33. The van der Waals surface area contributed by atoms with Gasteiger partial charge in [-0.15, -0.1) is 0 Å². The first kappa shape index (κ1) is 18.8. The largest absolute Gasteiger partial charge is 0.454 e. The number of ether oxygens (including phenoxy) is 2. The molecule has 2 aliphatic rings. The van der Waals surface area contributed by atoms with Crippen molar-refractivity contribution < 1.29 is 23.9 Å². The number of amides is 4. The SMILES string of the molecule is CCc1ccccc1NC(=O)CN1C(=O)N[C@@](C)(c2ccc3c(c2)OCO3)C1=O. The van der Waals surface area contributed by atoms with Crippen LogP contribution in [0.25, 0.3) is 0 Å². The Morgan fingerprint density at radius 1 is 1.17 bits per heavy atom. The predicted octanol–water partition coefficient (Wildman–Crippen LogP) is 2.38. The lowest BCUT2D eigenvalue weighted by atomic mass is 9.91. The van der Waals surface area contributed by atoms with Gasteiger partial charge in [0.15, 0.2) is 11.5 Å². The lowest BCUT2D eigenvalue weighted by Crippen LogP contribution is -2.42. The number of benzene rings is 2. The monoisotopic (exact) mass is 395 g/mol. The van der Waals surface area contributed by atoms with Crippen molar-refractivity contribution >= 4 is 23.5 Å². The maximum atomic E-state index is 13.0. The van der Waals surface area contributed by atoms with Gasteiger partial charge in [-0.05, 0) is 42.7 Å². The highest BCUT2D eigenvalue weighted by atomic mass is 16.7. The first-order chi connectivity index (χ1) is 13.9. The Hall–Kier alpha value is -3.55. The van der Waals surface area contributed by atoms with Crippen LogP contribution in [0.4, 0.5) is 10.5 Å². The fourth-order valence-corrected chi connectivity index (χ4v) is 3.53. The van der Waals surface area contributed by atoms with Crippen LogP contribution in [0.1, 0.15) is 25.0 Å². The molecule has 2 aliphatic heterocycles. The Balaban J connectivity index is 1.51. The molecule has 0 spiro atoms. The molecule has 0 aliphatic carbocycles. The van der Waals surface area contributed by atoms with Crippen LogP contribution in [-0.2, 0) is 21.5 Å². The number of hydrogen-bond acceptors (Lipinski definition) is 5. The Bertz CT molecular complexity index is 1010. The average Bonchev–Trinajstić information content (AvgIpc) is 3.27. The van der Waals surface area contributed by atoms with Crippen molar-refractivity contribution in [1.29, 1.82) is 0 Å². The summed E-state index contributed by atoms with van der Waals surface area (Å²) in [6, 6.07) is 11.9. The summed E-state index contributed by atoms with van der Waals surface area (Å²) < 4.78 is 10.6. The normalized spacial score (nSPS) is 20.0. The van der Waals surface area contributed by atoms with Crippen LogP contribution in [0.2, 0.25) is 0 Å². The van der Waals surface area contributed by atoms with Crippen LogP contribution in [0.3, 0.4) is 0 Å². The van der Waals surface area contributed by atoms with Crippen LogP contribution in [-0.4, -0.2) is 36.1 Å². The second-order valence-electron chi connectivity index (χ2n) is 7.07. The van der Waals surface area contributed by atoms with E-state index in [0.717, 1.165) is 16.9 Å². The summed E-state index contributed by atoms with van der Waals surface area (Å²) >= 11 is 0. The van der Waals surface area contributed by atoms with Gasteiger partial charge in [-0.3, -0.25) is 14.5 Å². The van der Waals surface area contributed by atoms with Crippen molar-refractivity contribution in [3.8, 4) is 11.5 Å². The standard InChI is InChI=1S/C21H21N3O5/c1-3-13-6-4-5-7-15(13)22-18(25)11-24-19(26)21(2,23-20(24)27)14-8-9-16-17(10-14)29-12-28-16/h4-10H,3,11-12H2,1-2H3,(H,22,25)(H,23,27)/t21-/m0/s1. The minimum Gasteiger partial charge on any atom is -0.454 e. The fourth-order valence-electron chi connectivity index (χ4n) is 3.53. The van der Waals surface area contributed by atoms with Gasteiger partial charge in [0.25, 0.3) is 5.91 Å². The van der Waals surface area contributed by atoms with E-state index in [1.54, 1.807) is 31.2 Å². The number of rotatable bonds is 5. The lowest BCUT2D eigenvalue weighted by molar-refractivity contribution is -0.133. The molecule has 0 unspecified atom stereocenters. The van der Waals surface area contributed by atoms with Gasteiger partial charge in [-0.2, -0.15) is 0 Å². The van der Waals surface area contributed by atoms with Crippen LogP contribution >= 0.6 is 0 Å². The van der Waals surface area contributed by atoms with E-state index < -0.39 is 23.4 Å². The summed E-state index contributed by atoms with van der Waals surface area (Å²) in [6.07, 6.45) is 0.752. The maximum Gasteiger partial charge on any atom is 0.325 e. The zero-order chi connectivity index (χ0) is 20.6. The third-order valence-corrected chi connectivity index (χ3v) is 5.20. The number of nitrogens with zero attached hydrogens (tertiary/aromatic N) is 1. The number of nitrogens with one attached hydrogen (secondary N) is 2. The molecule has 0 saturated carbocycles. The molecule has 0 aromatic heterocycles. The Labute approximate surface area is 167 Å². The van der Waals surface area contributed by atoms with Crippen molar-refractivity contribution in [3.63, 3.8) is 0 Å². The van der Waals surface area contributed by atoms with Gasteiger partial charge in [0.2, 0.25) is 12.7 Å². The van der Waals surface area contributed by atoms with Gasteiger partial charge in [0, 0.05) is 5.69 Å². The molecule has 0 bridgehead atoms. The number of para-hydroxylation sites is 1. The lowest BCUT2D eigenvalue weighted by Gasteiger charge is -2.22. The van der Waals surface area contributed by atoms with Crippen LogP contribution < -0.4 is 20.1 Å². The minimum absolute atomic E-state index is 0.112. The van der Waals surface area contributed by atoms with Crippen molar-refractivity contribution in [1.82, 2.24) is 10.2 Å². The molecule has 0 radical (unpaired) electrons. The summed E-state index contributed by atoms with van der Waals surface area (Å²) in [5.74, 6) is 0.155. The number of carbonyl (C=O) groups excluding carboxylic acids is 3. The average molecular weight is 395 g/mol. The molecule has 4 rings (SSSR count). The van der Waals surface area contributed by atoms with Gasteiger partial charge < -0.3 is 20.1 Å². The van der Waals surface area contributed by atoms with Crippen LogP contribution in [0.5, 0.6) is 11.5 Å². The van der Waals surface area contributed by atoms with E-state index in [-0.39, 0.29) is 13.3 Å². The van der Waals surface area contributed by atoms with Crippen LogP contribution in [0, 0.1) is 0 Å². The molecule has 8 nitrogen and oxygen atoms in total. The molecule has 4 amide bonds. The summed E-state index contributed by atoms with van der Waals surface area (Å²) in [4.78, 5) is 38.9. The van der Waals surface area contributed by atoms with Gasteiger partial charge in [-0.1, -0.05) is 31.2 Å². The molecule has 1 atom stereocenters. The predicted molar refractivity (Wildman–Crippen MR) is 105 cm³/mol. The zero-order valence-corrected chi connectivity index (χ0v) is 16.2. The molecule has 8 heteroatoms. The smallest absolute Gasteiger partial charge is 0.325 e. The first-order valence-corrected chi connectivity index (χ1v) is 9.34. The summed E-state index contributed by atoms with van der Waals surface area (Å²) in [7, 11) is 0. The van der Waals surface area contributed by atoms with Crippen molar-refractivity contribution in [3.05, 3.63) is 53.6 Å². The second kappa shape index (κ2) is 7.12. The highest BCUT2D eigenvalue weighted by Crippen LogP contribution is 2.37. The van der Waals surface area contributed by atoms with Gasteiger partial charge in [-0.25, -0.2) is 4.79 Å². The third-order valence-electron chi connectivity index (χ3n) is 5.20.